The summed E-state index contributed by atoms with van der Waals surface area (Å²) in [6.07, 6.45) is 12.3. The van der Waals surface area contributed by atoms with Gasteiger partial charge in [-0.15, -0.1) is 11.8 Å². The molecular formula is C64H70N8O14S2. The van der Waals surface area contributed by atoms with Gasteiger partial charge in [-0.2, -0.15) is 11.8 Å². The number of nitrogens with zero attached hydrogens (tertiary/aromatic N) is 5. The van der Waals surface area contributed by atoms with Gasteiger partial charge in [0.1, 0.15) is 12.4 Å². The lowest BCUT2D eigenvalue weighted by atomic mass is 9.92. The molecule has 3 N–H and O–H groups in total. The van der Waals surface area contributed by atoms with Crippen molar-refractivity contribution in [2.45, 2.75) is 70.7 Å². The molecule has 4 aromatic rings. The molecule has 462 valence electrons. The van der Waals surface area contributed by atoms with E-state index < -0.39 is 48.3 Å². The molecule has 0 spiro atoms. The summed E-state index contributed by atoms with van der Waals surface area (Å²) in [7, 11) is 4.64. The zero-order valence-electron chi connectivity index (χ0n) is 50.1. The SMILES string of the molecule is COc1ccc(C2=CN3C(=O)c4cc(OC)c(OCCCOc5cc6c(cc5OC)C(=O)N5C=C(c7ccc(NC(=O)[C@H](C)CC(=O)[C@@H](NC(=O)COC(CNC(=O)CSC)CN8C(=O)C=C(SC)C8=O)C(C)C)cc7)C[C@H]5C=N6)cc4N=C[C@@H]3C2)cc1. The van der Waals surface area contributed by atoms with Crippen LogP contribution in [-0.2, 0) is 33.5 Å². The number of imide groups is 1. The number of Topliss-reactive ketones (excluding diaryl/α,β-unsaturated/α-hetero) is 1. The van der Waals surface area contributed by atoms with Crippen LogP contribution in [0.3, 0.4) is 0 Å². The van der Waals surface area contributed by atoms with Gasteiger partial charge in [0.05, 0.1) is 98.5 Å². The van der Waals surface area contributed by atoms with Gasteiger partial charge in [-0.05, 0) is 77.1 Å². The monoisotopic (exact) mass is 1240 g/mol. The molecule has 5 atom stereocenters. The number of ketones is 1. The summed E-state index contributed by atoms with van der Waals surface area (Å²) in [5.74, 6) is -1.79. The Hall–Kier alpha value is -8.74. The average Bonchev–Trinajstić information content (AvgIpc) is 1.94. The highest BCUT2D eigenvalue weighted by molar-refractivity contribution is 8.03. The van der Waals surface area contributed by atoms with Gasteiger partial charge >= 0.3 is 0 Å². The molecule has 88 heavy (non-hydrogen) atoms. The van der Waals surface area contributed by atoms with Gasteiger partial charge in [-0.1, -0.05) is 45.0 Å². The molecule has 5 aliphatic rings. The number of carbonyl (C=O) groups is 8. The summed E-state index contributed by atoms with van der Waals surface area (Å²) in [6, 6.07) is 20.0. The van der Waals surface area contributed by atoms with Crippen LogP contribution < -0.4 is 39.6 Å². The van der Waals surface area contributed by atoms with Crippen molar-refractivity contribution < 1.29 is 66.8 Å². The Morgan fingerprint density at radius 1 is 0.693 bits per heavy atom. The van der Waals surface area contributed by atoms with Crippen LogP contribution in [0.4, 0.5) is 17.1 Å². The van der Waals surface area contributed by atoms with E-state index in [0.29, 0.717) is 70.4 Å². The van der Waals surface area contributed by atoms with Crippen LogP contribution in [0.1, 0.15) is 78.3 Å². The lowest BCUT2D eigenvalue weighted by Gasteiger charge is -2.25. The van der Waals surface area contributed by atoms with Crippen molar-refractivity contribution in [2.75, 3.05) is 77.8 Å². The van der Waals surface area contributed by atoms with Gasteiger partial charge < -0.3 is 54.2 Å². The number of hydrogen-bond acceptors (Lipinski definition) is 18. The van der Waals surface area contributed by atoms with Gasteiger partial charge in [-0.3, -0.25) is 53.2 Å². The number of amides is 7. The van der Waals surface area contributed by atoms with E-state index in [0.717, 1.165) is 44.7 Å². The molecule has 5 heterocycles. The minimum Gasteiger partial charge on any atom is -0.497 e. The first-order valence-corrected chi connectivity index (χ1v) is 31.2. The summed E-state index contributed by atoms with van der Waals surface area (Å²) in [6.45, 7) is 4.81. The van der Waals surface area contributed by atoms with E-state index in [1.54, 1.807) is 105 Å². The molecule has 0 fully saturated rings. The Labute approximate surface area is 518 Å². The Balaban J connectivity index is 0.744. The van der Waals surface area contributed by atoms with Gasteiger partial charge in [0, 0.05) is 86.9 Å². The van der Waals surface area contributed by atoms with Crippen molar-refractivity contribution in [3.63, 3.8) is 0 Å². The molecule has 5 aliphatic heterocycles. The first-order valence-electron chi connectivity index (χ1n) is 28.6. The quantitative estimate of drug-likeness (QED) is 0.0364. The predicted octanol–water partition coefficient (Wildman–Crippen LogP) is 7.66. The van der Waals surface area contributed by atoms with Crippen LogP contribution in [0.25, 0.3) is 11.1 Å². The van der Waals surface area contributed by atoms with E-state index in [1.165, 1.54) is 32.1 Å². The maximum atomic E-state index is 14.2. The Kier molecular flexibility index (Phi) is 20.9. The van der Waals surface area contributed by atoms with Crippen molar-refractivity contribution in [1.29, 1.82) is 0 Å². The van der Waals surface area contributed by atoms with Crippen molar-refractivity contribution in [3.8, 4) is 28.7 Å². The minimum absolute atomic E-state index is 0.0755. The van der Waals surface area contributed by atoms with Gasteiger partial charge in [0.2, 0.25) is 17.7 Å². The van der Waals surface area contributed by atoms with Crippen LogP contribution in [0.5, 0.6) is 28.7 Å². The van der Waals surface area contributed by atoms with Crippen molar-refractivity contribution in [3.05, 3.63) is 118 Å². The molecule has 0 aromatic heterocycles. The number of thioether (sulfide) groups is 2. The molecule has 9 rings (SSSR count). The molecule has 0 aliphatic carbocycles. The van der Waals surface area contributed by atoms with Gasteiger partial charge in [-0.25, -0.2) is 0 Å². The number of ether oxygens (including phenoxy) is 6. The topological polar surface area (TPSA) is 262 Å². The number of benzene rings is 4. The smallest absolute Gasteiger partial charge is 0.267 e. The largest absolute Gasteiger partial charge is 0.497 e. The normalized spacial score (nSPS) is 17.6. The first kappa shape index (κ1) is 63.8. The summed E-state index contributed by atoms with van der Waals surface area (Å²) < 4.78 is 34.8. The van der Waals surface area contributed by atoms with Crippen molar-refractivity contribution >= 4 is 111 Å². The number of rotatable bonds is 28. The molecule has 1 unspecified atom stereocenters. The van der Waals surface area contributed by atoms with E-state index >= 15 is 0 Å². The Bertz CT molecular complexity index is 3530. The van der Waals surface area contributed by atoms with E-state index in [4.69, 9.17) is 38.4 Å². The number of anilines is 1. The Morgan fingerprint density at radius 3 is 1.75 bits per heavy atom. The van der Waals surface area contributed by atoms with E-state index in [2.05, 4.69) is 16.0 Å². The van der Waals surface area contributed by atoms with Gasteiger partial charge in [0.15, 0.2) is 28.8 Å². The number of hydrogen-bond donors (Lipinski definition) is 3. The third kappa shape index (κ3) is 14.8. The van der Waals surface area contributed by atoms with Crippen LogP contribution in [0, 0.1) is 11.8 Å². The van der Waals surface area contributed by atoms with E-state index in [-0.39, 0.29) is 84.9 Å². The highest BCUT2D eigenvalue weighted by Gasteiger charge is 2.37. The van der Waals surface area contributed by atoms with Gasteiger partial charge in [0.25, 0.3) is 23.6 Å². The average molecular weight is 1240 g/mol. The van der Waals surface area contributed by atoms with E-state index in [9.17, 15) is 38.4 Å². The fourth-order valence-electron chi connectivity index (χ4n) is 10.5. The highest BCUT2D eigenvalue weighted by Crippen LogP contribution is 2.42. The van der Waals surface area contributed by atoms with Crippen LogP contribution in [0.2, 0.25) is 0 Å². The predicted molar refractivity (Wildman–Crippen MR) is 336 cm³/mol. The molecule has 24 heteroatoms. The number of fused-ring (bicyclic) bond motifs is 4. The molecular weight excluding hydrogens is 1170 g/mol. The third-order valence-corrected chi connectivity index (χ3v) is 16.6. The van der Waals surface area contributed by atoms with E-state index in [1.807, 2.05) is 42.6 Å². The molecule has 0 radical (unpaired) electrons. The Morgan fingerprint density at radius 2 is 1.25 bits per heavy atom. The standard InChI is InChI=1S/C64H70N8O14S2/c1-36(2)60(69-57(74)34-86-46(30-67-58(75)35-87-7)33-72-59(76)27-56(88-8)64(72)80)51(73)20-37(3)61(77)68-42-14-10-38(11-15-42)40-21-43-28-65-49-25-54(52(82-5)23-47(49)62(78)70(43)31-40)84-18-9-19-85-55-26-50-48(24-53(55)83-6)63(79)71-32-41(22-44(71)29-66-50)39-12-16-45(81-4)17-13-39/h10-17,23-29,31-32,36-37,43-44,46,60H,9,18-22,30,33-35H2,1-8H3,(H,67,75)(H,68,77)(H,69,74)/t37-,43+,44+,46?,60+/m1/s1. The summed E-state index contributed by atoms with van der Waals surface area (Å²) in [5, 5.41) is 8.30. The lowest BCUT2D eigenvalue weighted by Crippen LogP contribution is -2.48. The first-order chi connectivity index (χ1) is 42.4. The zero-order chi connectivity index (χ0) is 62.8. The fourth-order valence-corrected chi connectivity index (χ4v) is 11.4. The second-order valence-corrected chi connectivity index (χ2v) is 23.4. The molecule has 4 aromatic carbocycles. The molecule has 22 nitrogen and oxygen atoms in total. The second kappa shape index (κ2) is 28.8. The van der Waals surface area contributed by atoms with Crippen molar-refractivity contribution in [1.82, 2.24) is 25.3 Å². The number of nitrogens with one attached hydrogen (secondary N) is 3. The lowest BCUT2D eigenvalue weighted by molar-refractivity contribution is -0.140. The third-order valence-electron chi connectivity index (χ3n) is 15.3. The minimum atomic E-state index is -0.956. The fraction of sp³-hybridized carbons (Fsp3) is 0.375. The van der Waals surface area contributed by atoms with Crippen molar-refractivity contribution in [2.24, 2.45) is 21.8 Å². The summed E-state index contributed by atoms with van der Waals surface area (Å²) in [5.41, 5.74) is 5.86. The summed E-state index contributed by atoms with van der Waals surface area (Å²) >= 11 is 2.45. The molecule has 7 amide bonds. The highest BCUT2D eigenvalue weighted by atomic mass is 32.2. The maximum Gasteiger partial charge on any atom is 0.267 e. The van der Waals surface area contributed by atoms with Crippen LogP contribution >= 0.6 is 23.5 Å². The number of aliphatic imine (C=N–C) groups is 2. The zero-order valence-corrected chi connectivity index (χ0v) is 51.8. The molecule has 0 saturated carbocycles. The summed E-state index contributed by atoms with van der Waals surface area (Å²) in [4.78, 5) is 120. The molecule has 0 bridgehead atoms. The van der Waals surface area contributed by atoms with Crippen LogP contribution in [-0.4, -0.2) is 171 Å². The number of carbonyl (C=O) groups excluding carboxylic acids is 8. The second-order valence-electron chi connectivity index (χ2n) is 21.7. The number of methoxy groups -OCH3 is 3. The maximum absolute atomic E-state index is 14.2. The van der Waals surface area contributed by atoms with Crippen LogP contribution in [0.15, 0.2) is 106 Å². The molecule has 0 saturated heterocycles.